The summed E-state index contributed by atoms with van der Waals surface area (Å²) in [6.07, 6.45) is 5.41. The van der Waals surface area contributed by atoms with Gasteiger partial charge < -0.3 is 9.47 Å². The Kier molecular flexibility index (Phi) is 9.54. The molecule has 27 heavy (non-hydrogen) atoms. The predicted octanol–water partition coefficient (Wildman–Crippen LogP) is 6.45. The van der Waals surface area contributed by atoms with Gasteiger partial charge in [-0.3, -0.25) is 9.59 Å². The number of ether oxygens (including phenoxy) is 2. The lowest BCUT2D eigenvalue weighted by Crippen LogP contribution is -2.39. The third-order valence-electron chi connectivity index (χ3n) is 6.46. The number of carbonyl (C=O) groups is 2. The normalized spacial score (nSPS) is 17.0. The zero-order chi connectivity index (χ0) is 21.5. The Morgan fingerprint density at radius 1 is 0.593 bits per heavy atom. The highest BCUT2D eigenvalue weighted by atomic mass is 16.6. The van der Waals surface area contributed by atoms with Crippen molar-refractivity contribution >= 4 is 11.9 Å². The Labute approximate surface area is 167 Å². The van der Waals surface area contributed by atoms with E-state index in [2.05, 4.69) is 13.8 Å². The van der Waals surface area contributed by atoms with Crippen molar-refractivity contribution < 1.29 is 19.1 Å². The summed E-state index contributed by atoms with van der Waals surface area (Å²) in [5, 5.41) is 0. The van der Waals surface area contributed by atoms with Crippen molar-refractivity contribution in [3.05, 3.63) is 0 Å². The fraction of sp³-hybridized carbons (Fsp3) is 0.913. The van der Waals surface area contributed by atoms with Crippen LogP contribution >= 0.6 is 0 Å². The molecule has 0 aromatic carbocycles. The van der Waals surface area contributed by atoms with E-state index in [9.17, 15) is 9.59 Å². The van der Waals surface area contributed by atoms with E-state index in [1.807, 2.05) is 55.4 Å². The maximum Gasteiger partial charge on any atom is 0.312 e. The van der Waals surface area contributed by atoms with Gasteiger partial charge in [0.15, 0.2) is 0 Å². The van der Waals surface area contributed by atoms with Crippen LogP contribution in [-0.2, 0) is 19.1 Å². The van der Waals surface area contributed by atoms with Crippen LogP contribution in [0.15, 0.2) is 0 Å². The highest BCUT2D eigenvalue weighted by Gasteiger charge is 2.37. The van der Waals surface area contributed by atoms with E-state index in [1.165, 1.54) is 0 Å². The lowest BCUT2D eigenvalue weighted by molar-refractivity contribution is -0.172. The smallest absolute Gasteiger partial charge is 0.312 e. The van der Waals surface area contributed by atoms with E-state index < -0.39 is 22.0 Å². The van der Waals surface area contributed by atoms with Gasteiger partial charge in [0.1, 0.15) is 11.2 Å². The predicted molar refractivity (Wildman–Crippen MR) is 112 cm³/mol. The molecule has 4 heteroatoms. The molecule has 0 bridgehead atoms. The molecule has 0 aliphatic rings. The topological polar surface area (TPSA) is 52.6 Å². The van der Waals surface area contributed by atoms with Gasteiger partial charge in [-0.1, -0.05) is 27.7 Å². The first-order valence-electron chi connectivity index (χ1n) is 10.7. The van der Waals surface area contributed by atoms with Crippen LogP contribution in [-0.4, -0.2) is 23.1 Å². The second kappa shape index (κ2) is 9.93. The quantitative estimate of drug-likeness (QED) is 0.363. The van der Waals surface area contributed by atoms with Crippen LogP contribution in [0.25, 0.3) is 0 Å². The van der Waals surface area contributed by atoms with Crippen molar-refractivity contribution in [1.29, 1.82) is 0 Å². The molecule has 0 saturated heterocycles. The Hall–Kier alpha value is -1.06. The standard InChI is InChI=1S/C23H44O4/c1-11-20(5,6)18(24)26-22(9,13-3)16-15-17-23(10,14-4)27-19(25)21(7,8)12-2/h11-17H2,1-10H3. The molecule has 0 aromatic rings. The van der Waals surface area contributed by atoms with E-state index in [1.54, 1.807) is 0 Å². The number of hydrogen-bond acceptors (Lipinski definition) is 4. The SMILES string of the molecule is CCC(C)(CCCC(C)(CC)OC(=O)C(C)(C)CC)OC(=O)C(C)(C)CC. The van der Waals surface area contributed by atoms with Gasteiger partial charge in [-0.2, -0.15) is 0 Å². The van der Waals surface area contributed by atoms with Crippen molar-refractivity contribution in [1.82, 2.24) is 0 Å². The Morgan fingerprint density at radius 3 is 1.11 bits per heavy atom. The summed E-state index contributed by atoms with van der Waals surface area (Å²) in [7, 11) is 0. The average Bonchev–Trinajstić information content (AvgIpc) is 2.61. The van der Waals surface area contributed by atoms with E-state index in [4.69, 9.17) is 9.47 Å². The minimum atomic E-state index is -0.481. The summed E-state index contributed by atoms with van der Waals surface area (Å²) >= 11 is 0. The van der Waals surface area contributed by atoms with Gasteiger partial charge in [0.25, 0.3) is 0 Å². The Bertz CT molecular complexity index is 451. The highest BCUT2D eigenvalue weighted by molar-refractivity contribution is 5.76. The second-order valence-corrected chi connectivity index (χ2v) is 9.71. The maximum atomic E-state index is 12.5. The van der Waals surface area contributed by atoms with Crippen molar-refractivity contribution in [2.75, 3.05) is 0 Å². The summed E-state index contributed by atoms with van der Waals surface area (Å²) in [5.41, 5.74) is -1.89. The fourth-order valence-electron chi connectivity index (χ4n) is 2.45. The zero-order valence-corrected chi connectivity index (χ0v) is 19.6. The summed E-state index contributed by atoms with van der Waals surface area (Å²) in [4.78, 5) is 25.0. The molecule has 2 atom stereocenters. The molecule has 0 N–H and O–H groups in total. The van der Waals surface area contributed by atoms with Crippen molar-refractivity contribution in [2.24, 2.45) is 10.8 Å². The Balaban J connectivity index is 4.90. The fourth-order valence-corrected chi connectivity index (χ4v) is 2.45. The first kappa shape index (κ1) is 25.9. The van der Waals surface area contributed by atoms with Crippen LogP contribution in [0.1, 0.15) is 114 Å². The lowest BCUT2D eigenvalue weighted by Gasteiger charge is -2.35. The molecule has 0 fully saturated rings. The van der Waals surface area contributed by atoms with Crippen LogP contribution in [0.5, 0.6) is 0 Å². The van der Waals surface area contributed by atoms with Gasteiger partial charge >= 0.3 is 11.9 Å². The molecule has 0 rings (SSSR count). The van der Waals surface area contributed by atoms with Gasteiger partial charge in [-0.05, 0) is 86.5 Å². The number of esters is 2. The monoisotopic (exact) mass is 384 g/mol. The third kappa shape index (κ3) is 7.83. The summed E-state index contributed by atoms with van der Waals surface area (Å²) < 4.78 is 11.8. The van der Waals surface area contributed by atoms with Crippen molar-refractivity contribution in [3.63, 3.8) is 0 Å². The minimum Gasteiger partial charge on any atom is -0.459 e. The second-order valence-electron chi connectivity index (χ2n) is 9.71. The minimum absolute atomic E-state index is 0.135. The first-order valence-corrected chi connectivity index (χ1v) is 10.7. The summed E-state index contributed by atoms with van der Waals surface area (Å²) in [6, 6.07) is 0. The lowest BCUT2D eigenvalue weighted by atomic mass is 9.87. The highest BCUT2D eigenvalue weighted by Crippen LogP contribution is 2.33. The van der Waals surface area contributed by atoms with Crippen LogP contribution < -0.4 is 0 Å². The third-order valence-corrected chi connectivity index (χ3v) is 6.46. The first-order chi connectivity index (χ1) is 12.2. The van der Waals surface area contributed by atoms with Gasteiger partial charge in [-0.15, -0.1) is 0 Å². The largest absolute Gasteiger partial charge is 0.459 e. The summed E-state index contributed by atoms with van der Waals surface area (Å²) in [5.74, 6) is -0.271. The van der Waals surface area contributed by atoms with E-state index in [0.717, 1.165) is 44.9 Å². The molecule has 0 radical (unpaired) electrons. The number of hydrogen-bond donors (Lipinski definition) is 0. The van der Waals surface area contributed by atoms with Crippen LogP contribution in [0, 0.1) is 10.8 Å². The molecular weight excluding hydrogens is 340 g/mol. The number of rotatable bonds is 12. The molecule has 0 amide bonds. The molecule has 0 aromatic heterocycles. The molecule has 4 nitrogen and oxygen atoms in total. The molecule has 0 heterocycles. The van der Waals surface area contributed by atoms with Gasteiger partial charge in [0.05, 0.1) is 10.8 Å². The van der Waals surface area contributed by atoms with Crippen LogP contribution in [0.2, 0.25) is 0 Å². The van der Waals surface area contributed by atoms with Crippen LogP contribution in [0.3, 0.4) is 0 Å². The van der Waals surface area contributed by atoms with Crippen molar-refractivity contribution in [2.45, 2.75) is 125 Å². The molecule has 160 valence electrons. The van der Waals surface area contributed by atoms with Gasteiger partial charge in [-0.25, -0.2) is 0 Å². The summed E-state index contributed by atoms with van der Waals surface area (Å²) in [6.45, 7) is 19.8. The van der Waals surface area contributed by atoms with E-state index in [0.29, 0.717) is 0 Å². The molecular formula is C23H44O4. The molecule has 0 spiro atoms. The molecule has 0 aliphatic carbocycles. The van der Waals surface area contributed by atoms with Crippen LogP contribution in [0.4, 0.5) is 0 Å². The van der Waals surface area contributed by atoms with Crippen molar-refractivity contribution in [3.8, 4) is 0 Å². The number of carbonyl (C=O) groups excluding carboxylic acids is 2. The van der Waals surface area contributed by atoms with Gasteiger partial charge in [0.2, 0.25) is 0 Å². The zero-order valence-electron chi connectivity index (χ0n) is 19.6. The molecule has 2 unspecified atom stereocenters. The Morgan fingerprint density at radius 2 is 0.889 bits per heavy atom. The van der Waals surface area contributed by atoms with E-state index >= 15 is 0 Å². The maximum absolute atomic E-state index is 12.5. The molecule has 0 aliphatic heterocycles. The average molecular weight is 385 g/mol. The van der Waals surface area contributed by atoms with E-state index in [-0.39, 0.29) is 11.9 Å². The molecule has 0 saturated carbocycles. The van der Waals surface area contributed by atoms with Gasteiger partial charge in [0, 0.05) is 0 Å².